The minimum Gasteiger partial charge on any atom is -0.315 e. The Kier molecular flexibility index (Phi) is 5.49. The predicted molar refractivity (Wildman–Crippen MR) is 129 cm³/mol. The molecule has 3 atom stereocenters. The van der Waals surface area contributed by atoms with E-state index in [0.717, 1.165) is 27.7 Å². The number of halogens is 1. The number of hydrogen-bond acceptors (Lipinski definition) is 5. The summed E-state index contributed by atoms with van der Waals surface area (Å²) in [5, 5.41) is 17.3. The van der Waals surface area contributed by atoms with Gasteiger partial charge in [-0.1, -0.05) is 76.1 Å². The van der Waals surface area contributed by atoms with Crippen LogP contribution in [0.2, 0.25) is 0 Å². The molecule has 3 aliphatic rings. The lowest BCUT2D eigenvalue weighted by Gasteiger charge is -2.43. The molecular weight excluding hydrogens is 468 g/mol. The molecule has 0 saturated carbocycles. The zero-order chi connectivity index (χ0) is 22.4. The van der Waals surface area contributed by atoms with Crippen LogP contribution < -0.4 is 10.7 Å². The fourth-order valence-electron chi connectivity index (χ4n) is 4.95. The first kappa shape index (κ1) is 21.1. The molecule has 5 rings (SSSR count). The topological polar surface area (TPSA) is 70.4 Å². The number of nitrogens with one attached hydrogen (secondary N) is 2. The summed E-state index contributed by atoms with van der Waals surface area (Å²) >= 11 is 3.86. The largest absolute Gasteiger partial charge is 0.315 e. The monoisotopic (exact) mass is 492 g/mol. The number of benzene rings is 2. The van der Waals surface area contributed by atoms with Crippen LogP contribution in [0.4, 0.5) is 0 Å². The molecule has 164 valence electrons. The fourth-order valence-corrected chi connectivity index (χ4v) is 5.62. The summed E-state index contributed by atoms with van der Waals surface area (Å²) < 4.78 is 1.05. The van der Waals surface area contributed by atoms with Gasteiger partial charge in [-0.05, 0) is 42.5 Å². The molecule has 0 amide bonds. The summed E-state index contributed by atoms with van der Waals surface area (Å²) in [4.78, 5) is 11.0. The Bertz CT molecular complexity index is 1170. The van der Waals surface area contributed by atoms with E-state index in [1.54, 1.807) is 6.08 Å². The predicted octanol–water partition coefficient (Wildman–Crippen LogP) is 5.11. The summed E-state index contributed by atoms with van der Waals surface area (Å²) in [6, 6.07) is 17.0. The second kappa shape index (κ2) is 8.31. The van der Waals surface area contributed by atoms with E-state index >= 15 is 0 Å². The number of hydrazine groups is 1. The number of nitro groups is 1. The van der Waals surface area contributed by atoms with Crippen LogP contribution in [0.25, 0.3) is 5.70 Å². The van der Waals surface area contributed by atoms with Crippen molar-refractivity contribution >= 4 is 21.6 Å². The molecule has 3 unspecified atom stereocenters. The van der Waals surface area contributed by atoms with Crippen molar-refractivity contribution in [3.63, 3.8) is 0 Å². The Balaban J connectivity index is 1.51. The first-order chi connectivity index (χ1) is 15.4. The van der Waals surface area contributed by atoms with Gasteiger partial charge in [-0.15, -0.1) is 0 Å². The van der Waals surface area contributed by atoms with Crippen LogP contribution in [-0.2, 0) is 0 Å². The van der Waals surface area contributed by atoms with Crippen LogP contribution in [0, 0.1) is 24.0 Å². The molecule has 32 heavy (non-hydrogen) atoms. The molecule has 1 saturated heterocycles. The molecule has 6 nitrogen and oxygen atoms in total. The van der Waals surface area contributed by atoms with E-state index in [-0.39, 0.29) is 28.9 Å². The molecule has 2 heterocycles. The number of hydrogen-bond donors (Lipinski definition) is 2. The molecule has 2 aromatic carbocycles. The Hall–Kier alpha value is -2.74. The molecular formula is C25H25BrN4O2. The molecule has 2 N–H and O–H groups in total. The van der Waals surface area contributed by atoms with E-state index < -0.39 is 0 Å². The molecule has 0 aromatic heterocycles. The van der Waals surface area contributed by atoms with Gasteiger partial charge in [0.1, 0.15) is 6.17 Å². The lowest BCUT2D eigenvalue weighted by Crippen LogP contribution is -2.58. The summed E-state index contributed by atoms with van der Waals surface area (Å²) in [6.07, 6.45) is 4.69. The second-order valence-electron chi connectivity index (χ2n) is 8.67. The van der Waals surface area contributed by atoms with Crippen molar-refractivity contribution in [2.75, 3.05) is 0 Å². The molecule has 0 radical (unpaired) electrons. The number of aryl methyl sites for hydroxylation is 2. The number of rotatable bonds is 4. The van der Waals surface area contributed by atoms with Crippen LogP contribution in [0.15, 0.2) is 76.4 Å². The molecule has 2 aliphatic heterocycles. The van der Waals surface area contributed by atoms with Gasteiger partial charge in [0.25, 0.3) is 0 Å². The molecule has 1 fully saturated rings. The van der Waals surface area contributed by atoms with Gasteiger partial charge < -0.3 is 5.43 Å². The third-order valence-electron chi connectivity index (χ3n) is 6.56. The second-order valence-corrected chi connectivity index (χ2v) is 9.53. The Morgan fingerprint density at radius 1 is 1.12 bits per heavy atom. The third-order valence-corrected chi connectivity index (χ3v) is 7.39. The van der Waals surface area contributed by atoms with Gasteiger partial charge in [0.05, 0.1) is 27.6 Å². The minimum atomic E-state index is -0.277. The van der Waals surface area contributed by atoms with Crippen molar-refractivity contribution in [1.29, 1.82) is 0 Å². The van der Waals surface area contributed by atoms with E-state index in [1.807, 2.05) is 24.3 Å². The maximum Gasteiger partial charge on any atom is 0.250 e. The molecule has 0 spiro atoms. The van der Waals surface area contributed by atoms with E-state index in [0.29, 0.717) is 6.42 Å². The maximum absolute atomic E-state index is 11.3. The Morgan fingerprint density at radius 2 is 1.91 bits per heavy atom. The van der Waals surface area contributed by atoms with E-state index in [9.17, 15) is 10.1 Å². The van der Waals surface area contributed by atoms with Crippen molar-refractivity contribution in [3.8, 4) is 0 Å². The van der Waals surface area contributed by atoms with Gasteiger partial charge in [0.2, 0.25) is 5.70 Å². The van der Waals surface area contributed by atoms with Crippen LogP contribution in [0.5, 0.6) is 0 Å². The van der Waals surface area contributed by atoms with E-state index in [4.69, 9.17) is 0 Å². The third kappa shape index (κ3) is 3.70. The molecule has 2 aromatic rings. The van der Waals surface area contributed by atoms with Crippen LogP contribution in [0.3, 0.4) is 0 Å². The van der Waals surface area contributed by atoms with Crippen LogP contribution >= 0.6 is 15.9 Å². The fraction of sp³-hybridized carbons (Fsp3) is 0.280. The highest BCUT2D eigenvalue weighted by atomic mass is 79.9. The Morgan fingerprint density at radius 3 is 2.59 bits per heavy atom. The highest BCUT2D eigenvalue weighted by molar-refractivity contribution is 9.11. The summed E-state index contributed by atoms with van der Waals surface area (Å²) in [5.74, 6) is 0. The Labute approximate surface area is 195 Å². The molecule has 7 heteroatoms. The summed E-state index contributed by atoms with van der Waals surface area (Å²) in [5.41, 5.74) is 10.9. The standard InChI is InChI=1S/C25H25BrN4O2/c1-15-8-11-20(16(2)12-15)22-14-21(18-9-10-19(13-18)30(31)32)27-25-23(26)24(28-29(22)25)17-6-4-3-5-7-17/h3-12,21-22,25,27-28H,13-14H2,1-2H3. The average molecular weight is 493 g/mol. The van der Waals surface area contributed by atoms with Crippen LogP contribution in [0.1, 0.15) is 41.1 Å². The van der Waals surface area contributed by atoms with Gasteiger partial charge in [0.15, 0.2) is 0 Å². The van der Waals surface area contributed by atoms with Crippen molar-refractivity contribution in [2.45, 2.75) is 44.9 Å². The molecule has 0 bridgehead atoms. The van der Waals surface area contributed by atoms with Gasteiger partial charge in [-0.2, -0.15) is 5.01 Å². The minimum absolute atomic E-state index is 0.0418. The van der Waals surface area contributed by atoms with Gasteiger partial charge >= 0.3 is 0 Å². The van der Waals surface area contributed by atoms with Crippen molar-refractivity contribution in [1.82, 2.24) is 15.8 Å². The average Bonchev–Trinajstić information content (AvgIpc) is 3.40. The van der Waals surface area contributed by atoms with E-state index in [2.05, 4.69) is 75.9 Å². The van der Waals surface area contributed by atoms with Crippen molar-refractivity contribution in [3.05, 3.63) is 109 Å². The number of fused-ring (bicyclic) bond motifs is 1. The smallest absolute Gasteiger partial charge is 0.250 e. The zero-order valence-corrected chi connectivity index (χ0v) is 19.6. The van der Waals surface area contributed by atoms with Gasteiger partial charge in [-0.25, -0.2) is 0 Å². The van der Waals surface area contributed by atoms with Crippen molar-refractivity contribution in [2.24, 2.45) is 0 Å². The van der Waals surface area contributed by atoms with Gasteiger partial charge in [-0.3, -0.25) is 15.4 Å². The zero-order valence-electron chi connectivity index (χ0n) is 18.0. The lowest BCUT2D eigenvalue weighted by atomic mass is 9.88. The van der Waals surface area contributed by atoms with Crippen molar-refractivity contribution < 1.29 is 4.92 Å². The first-order valence-electron chi connectivity index (χ1n) is 10.8. The van der Waals surface area contributed by atoms with Gasteiger partial charge in [0, 0.05) is 12.1 Å². The van der Waals surface area contributed by atoms with E-state index in [1.165, 1.54) is 16.7 Å². The summed E-state index contributed by atoms with van der Waals surface area (Å²) in [6.45, 7) is 4.27. The van der Waals surface area contributed by atoms with Crippen LogP contribution in [-0.4, -0.2) is 22.1 Å². The lowest BCUT2D eigenvalue weighted by molar-refractivity contribution is -0.426. The summed E-state index contributed by atoms with van der Waals surface area (Å²) in [7, 11) is 0. The number of allylic oxidation sites excluding steroid dienone is 3. The highest BCUT2D eigenvalue weighted by Crippen LogP contribution is 2.43. The SMILES string of the molecule is Cc1ccc(C2CC(C3=CC=C([N+](=O)[O-])C3)NC3C(Br)=C(c4ccccc4)NN32)c(C)c1. The number of nitrogens with zero attached hydrogens (tertiary/aromatic N) is 2. The molecule has 1 aliphatic carbocycles. The normalized spacial score (nSPS) is 25.3. The maximum atomic E-state index is 11.3. The quantitative estimate of drug-likeness (QED) is 0.458. The first-order valence-corrected chi connectivity index (χ1v) is 11.6. The highest BCUT2D eigenvalue weighted by Gasteiger charge is 2.44.